The molecule has 1 aromatic carbocycles. The van der Waals surface area contributed by atoms with Crippen molar-refractivity contribution in [3.05, 3.63) is 47.1 Å². The Hall–Kier alpha value is -2.14. The summed E-state index contributed by atoms with van der Waals surface area (Å²) < 4.78 is 2.13. The van der Waals surface area contributed by atoms with Crippen LogP contribution in [0, 0.1) is 11.3 Å². The zero-order valence-corrected chi connectivity index (χ0v) is 17.1. The van der Waals surface area contributed by atoms with Crippen LogP contribution < -0.4 is 5.32 Å². The summed E-state index contributed by atoms with van der Waals surface area (Å²) in [5.74, 6) is 0.724. The van der Waals surface area contributed by atoms with Gasteiger partial charge < -0.3 is 9.88 Å². The van der Waals surface area contributed by atoms with E-state index < -0.39 is 0 Å². The first-order valence-electron chi connectivity index (χ1n) is 9.72. The number of thiazole rings is 1. The van der Waals surface area contributed by atoms with Crippen LogP contribution in [0.2, 0.25) is 0 Å². The molecule has 1 aliphatic carbocycles. The second-order valence-corrected chi connectivity index (χ2v) is 9.64. The van der Waals surface area contributed by atoms with Crippen molar-refractivity contribution in [1.82, 2.24) is 9.55 Å². The molecule has 5 heteroatoms. The molecular weight excluding hydrogens is 354 g/mol. The van der Waals surface area contributed by atoms with E-state index in [2.05, 4.69) is 53.8 Å². The van der Waals surface area contributed by atoms with Crippen molar-refractivity contribution in [2.45, 2.75) is 53.0 Å². The summed E-state index contributed by atoms with van der Waals surface area (Å²) >= 11 is 1.66. The third-order valence-corrected chi connectivity index (χ3v) is 6.71. The molecule has 142 valence electrons. The molecule has 2 aromatic heterocycles. The van der Waals surface area contributed by atoms with Gasteiger partial charge in [0.05, 0.1) is 5.69 Å². The van der Waals surface area contributed by atoms with Gasteiger partial charge in [0.2, 0.25) is 5.91 Å². The van der Waals surface area contributed by atoms with Gasteiger partial charge in [-0.1, -0.05) is 39.0 Å². The van der Waals surface area contributed by atoms with E-state index in [-0.39, 0.29) is 5.91 Å². The fraction of sp³-hybridized carbons (Fsp3) is 0.455. The summed E-state index contributed by atoms with van der Waals surface area (Å²) in [6, 6.07) is 10.3. The Labute approximate surface area is 164 Å². The molecule has 1 aliphatic rings. The molecule has 27 heavy (non-hydrogen) atoms. The number of anilines is 1. The van der Waals surface area contributed by atoms with Gasteiger partial charge in [-0.05, 0) is 48.1 Å². The summed E-state index contributed by atoms with van der Waals surface area (Å²) in [5.41, 5.74) is 2.68. The molecule has 1 amide bonds. The number of amides is 1. The molecule has 4 rings (SSSR count). The molecule has 0 aliphatic heterocycles. The Morgan fingerprint density at radius 3 is 2.93 bits per heavy atom. The van der Waals surface area contributed by atoms with Crippen molar-refractivity contribution >= 4 is 33.3 Å². The predicted molar refractivity (Wildman–Crippen MR) is 112 cm³/mol. The fourth-order valence-electron chi connectivity index (χ4n) is 3.91. The Kier molecular flexibility index (Phi) is 4.81. The van der Waals surface area contributed by atoms with E-state index in [1.54, 1.807) is 11.3 Å². The number of aryl methyl sites for hydroxylation is 2. The molecule has 0 fully saturated rings. The van der Waals surface area contributed by atoms with E-state index in [1.165, 1.54) is 27.9 Å². The van der Waals surface area contributed by atoms with Gasteiger partial charge in [0.25, 0.3) is 0 Å². The molecule has 1 unspecified atom stereocenters. The number of para-hydroxylation sites is 1. The number of benzene rings is 1. The molecule has 2 heterocycles. The first kappa shape index (κ1) is 18.2. The first-order valence-corrected chi connectivity index (χ1v) is 10.5. The highest BCUT2D eigenvalue weighted by Crippen LogP contribution is 2.40. The monoisotopic (exact) mass is 381 g/mol. The van der Waals surface area contributed by atoms with E-state index in [9.17, 15) is 4.79 Å². The van der Waals surface area contributed by atoms with Gasteiger partial charge in [-0.2, -0.15) is 0 Å². The van der Waals surface area contributed by atoms with Crippen molar-refractivity contribution < 1.29 is 4.79 Å². The maximum Gasteiger partial charge on any atom is 0.227 e. The van der Waals surface area contributed by atoms with Gasteiger partial charge in [-0.15, -0.1) is 11.3 Å². The third kappa shape index (κ3) is 3.93. The Bertz CT molecular complexity index is 964. The zero-order valence-electron chi connectivity index (χ0n) is 16.3. The SMILES string of the molecule is CC(C)(C)C1CCc2nc(NC(=O)CCn3ccc4ccccc43)sc2C1. The molecular formula is C22H27N3OS. The van der Waals surface area contributed by atoms with Crippen molar-refractivity contribution in [1.29, 1.82) is 0 Å². The quantitative estimate of drug-likeness (QED) is 0.668. The van der Waals surface area contributed by atoms with E-state index >= 15 is 0 Å². The van der Waals surface area contributed by atoms with Gasteiger partial charge in [-0.3, -0.25) is 4.79 Å². The molecule has 1 N–H and O–H groups in total. The lowest BCUT2D eigenvalue weighted by atomic mass is 9.73. The molecule has 0 radical (unpaired) electrons. The number of carbonyl (C=O) groups is 1. The minimum atomic E-state index is 0.0336. The number of fused-ring (bicyclic) bond motifs is 2. The molecule has 0 spiro atoms. The van der Waals surface area contributed by atoms with Crippen LogP contribution in [0.4, 0.5) is 5.13 Å². The van der Waals surface area contributed by atoms with Gasteiger partial charge in [0, 0.05) is 29.6 Å². The Balaban J connectivity index is 1.37. The summed E-state index contributed by atoms with van der Waals surface area (Å²) in [4.78, 5) is 18.5. The minimum Gasteiger partial charge on any atom is -0.347 e. The minimum absolute atomic E-state index is 0.0336. The average molecular weight is 382 g/mol. The van der Waals surface area contributed by atoms with Crippen LogP contribution in [0.3, 0.4) is 0 Å². The van der Waals surface area contributed by atoms with E-state index in [0.717, 1.165) is 18.0 Å². The van der Waals surface area contributed by atoms with Crippen molar-refractivity contribution in [2.75, 3.05) is 5.32 Å². The third-order valence-electron chi connectivity index (χ3n) is 5.67. The highest BCUT2D eigenvalue weighted by Gasteiger charge is 2.30. The zero-order chi connectivity index (χ0) is 19.0. The van der Waals surface area contributed by atoms with E-state index in [0.29, 0.717) is 24.3 Å². The highest BCUT2D eigenvalue weighted by molar-refractivity contribution is 7.15. The topological polar surface area (TPSA) is 46.9 Å². The second-order valence-electron chi connectivity index (χ2n) is 8.56. The maximum absolute atomic E-state index is 12.4. The summed E-state index contributed by atoms with van der Waals surface area (Å²) in [6.07, 6.45) is 5.80. The summed E-state index contributed by atoms with van der Waals surface area (Å²) in [7, 11) is 0. The lowest BCUT2D eigenvalue weighted by Gasteiger charge is -2.33. The van der Waals surface area contributed by atoms with Gasteiger partial charge >= 0.3 is 0 Å². The van der Waals surface area contributed by atoms with Crippen LogP contribution in [0.1, 0.15) is 44.2 Å². The largest absolute Gasteiger partial charge is 0.347 e. The molecule has 0 saturated heterocycles. The number of nitrogens with zero attached hydrogens (tertiary/aromatic N) is 2. The average Bonchev–Trinajstić information content (AvgIpc) is 3.21. The number of rotatable bonds is 4. The standard InChI is InChI=1S/C22H27N3OS/c1-22(2,3)16-8-9-17-19(14-16)27-21(23-17)24-20(26)11-13-25-12-10-15-6-4-5-7-18(15)25/h4-7,10,12,16H,8-9,11,13-14H2,1-3H3,(H,23,24,26). The van der Waals surface area contributed by atoms with Crippen molar-refractivity contribution in [3.8, 4) is 0 Å². The lowest BCUT2D eigenvalue weighted by molar-refractivity contribution is -0.116. The van der Waals surface area contributed by atoms with E-state index in [4.69, 9.17) is 0 Å². The van der Waals surface area contributed by atoms with Gasteiger partial charge in [0.1, 0.15) is 0 Å². The van der Waals surface area contributed by atoms with Crippen LogP contribution in [-0.2, 0) is 24.2 Å². The number of hydrogen-bond acceptors (Lipinski definition) is 3. The van der Waals surface area contributed by atoms with E-state index in [1.807, 2.05) is 18.3 Å². The Morgan fingerprint density at radius 2 is 2.11 bits per heavy atom. The second kappa shape index (κ2) is 7.12. The molecule has 0 saturated carbocycles. The lowest BCUT2D eigenvalue weighted by Crippen LogP contribution is -2.26. The smallest absolute Gasteiger partial charge is 0.227 e. The van der Waals surface area contributed by atoms with Crippen LogP contribution in [0.5, 0.6) is 0 Å². The highest BCUT2D eigenvalue weighted by atomic mass is 32.1. The maximum atomic E-state index is 12.4. The molecule has 4 nitrogen and oxygen atoms in total. The first-order chi connectivity index (χ1) is 12.9. The van der Waals surface area contributed by atoms with Crippen molar-refractivity contribution in [3.63, 3.8) is 0 Å². The molecule has 0 bridgehead atoms. The number of nitrogens with one attached hydrogen (secondary N) is 1. The van der Waals surface area contributed by atoms with Crippen molar-refractivity contribution in [2.24, 2.45) is 11.3 Å². The van der Waals surface area contributed by atoms with Crippen LogP contribution in [0.25, 0.3) is 10.9 Å². The van der Waals surface area contributed by atoms with Crippen LogP contribution in [0.15, 0.2) is 36.5 Å². The predicted octanol–water partition coefficient (Wildman–Crippen LogP) is 5.28. The number of hydrogen-bond donors (Lipinski definition) is 1. The summed E-state index contributed by atoms with van der Waals surface area (Å²) in [6.45, 7) is 7.63. The fourth-order valence-corrected chi connectivity index (χ4v) is 5.01. The molecule has 3 aromatic rings. The Morgan fingerprint density at radius 1 is 1.30 bits per heavy atom. The molecule has 1 atom stereocenters. The van der Waals surface area contributed by atoms with Gasteiger partial charge in [0.15, 0.2) is 5.13 Å². The van der Waals surface area contributed by atoms with Crippen LogP contribution >= 0.6 is 11.3 Å². The van der Waals surface area contributed by atoms with Crippen LogP contribution in [-0.4, -0.2) is 15.5 Å². The van der Waals surface area contributed by atoms with Gasteiger partial charge in [-0.25, -0.2) is 4.98 Å². The number of aromatic nitrogens is 2. The normalized spacial score (nSPS) is 17.1. The summed E-state index contributed by atoms with van der Waals surface area (Å²) in [5, 5.41) is 4.99. The number of carbonyl (C=O) groups excluding carboxylic acids is 1.